The van der Waals surface area contributed by atoms with Crippen LogP contribution in [0.3, 0.4) is 0 Å². The molecule has 1 aliphatic rings. The Bertz CT molecular complexity index is 684. The van der Waals surface area contributed by atoms with Gasteiger partial charge in [-0.25, -0.2) is 21.6 Å². The first-order valence-electron chi connectivity index (χ1n) is 6.50. The smallest absolute Gasteiger partial charge is 0.307 e. The van der Waals surface area contributed by atoms with Crippen molar-refractivity contribution < 1.29 is 31.5 Å². The first kappa shape index (κ1) is 16.8. The lowest BCUT2D eigenvalue weighted by molar-refractivity contribution is -0.143. The Morgan fingerprint density at radius 1 is 1.23 bits per heavy atom. The molecule has 22 heavy (non-hydrogen) atoms. The van der Waals surface area contributed by atoms with E-state index in [9.17, 15) is 26.4 Å². The third-order valence-electron chi connectivity index (χ3n) is 3.54. The molecule has 2 rings (SSSR count). The molecule has 0 amide bonds. The summed E-state index contributed by atoms with van der Waals surface area (Å²) in [6, 6.07) is 0.552. The van der Waals surface area contributed by atoms with Crippen LogP contribution in [0, 0.1) is 29.3 Å². The molecule has 1 fully saturated rings. The zero-order valence-corrected chi connectivity index (χ0v) is 12.4. The highest BCUT2D eigenvalue weighted by molar-refractivity contribution is 7.89. The molecule has 5 nitrogen and oxygen atoms in total. The van der Waals surface area contributed by atoms with Crippen molar-refractivity contribution in [3.63, 3.8) is 0 Å². The average molecular weight is 337 g/mol. The van der Waals surface area contributed by atoms with Crippen LogP contribution >= 0.6 is 0 Å². The molecule has 122 valence electrons. The molecule has 1 aliphatic heterocycles. The van der Waals surface area contributed by atoms with Gasteiger partial charge < -0.3 is 5.11 Å². The Morgan fingerprint density at radius 3 is 2.27 bits per heavy atom. The third kappa shape index (κ3) is 3.09. The highest BCUT2D eigenvalue weighted by Crippen LogP contribution is 2.29. The number of benzene rings is 1. The van der Waals surface area contributed by atoms with Crippen LogP contribution in [0.5, 0.6) is 0 Å². The molecule has 1 saturated heterocycles. The quantitative estimate of drug-likeness (QED) is 0.913. The fourth-order valence-corrected chi connectivity index (χ4v) is 4.28. The number of piperidine rings is 1. The van der Waals surface area contributed by atoms with E-state index in [1.165, 1.54) is 0 Å². The molecule has 1 heterocycles. The summed E-state index contributed by atoms with van der Waals surface area (Å²) in [4.78, 5) is 9.81. The predicted molar refractivity (Wildman–Crippen MR) is 70.0 cm³/mol. The Hall–Kier alpha value is -1.61. The minimum Gasteiger partial charge on any atom is -0.481 e. The van der Waals surface area contributed by atoms with Crippen LogP contribution in [-0.2, 0) is 14.8 Å². The first-order chi connectivity index (χ1) is 10.1. The summed E-state index contributed by atoms with van der Waals surface area (Å²) in [6.45, 7) is 1.22. The van der Waals surface area contributed by atoms with Gasteiger partial charge in [-0.3, -0.25) is 4.79 Å². The largest absolute Gasteiger partial charge is 0.481 e. The summed E-state index contributed by atoms with van der Waals surface area (Å²) in [6.07, 6.45) is 0.274. The zero-order valence-electron chi connectivity index (χ0n) is 11.6. The lowest BCUT2D eigenvalue weighted by Gasteiger charge is -2.33. The van der Waals surface area contributed by atoms with Gasteiger partial charge in [0.25, 0.3) is 0 Å². The summed E-state index contributed by atoms with van der Waals surface area (Å²) in [5.41, 5.74) is 0. The fourth-order valence-electron chi connectivity index (χ4n) is 2.58. The number of halogens is 3. The molecule has 1 N–H and O–H groups in total. The van der Waals surface area contributed by atoms with Crippen LogP contribution in [0.1, 0.15) is 13.3 Å². The average Bonchev–Trinajstić information content (AvgIpc) is 2.36. The maximum atomic E-state index is 13.7. The van der Waals surface area contributed by atoms with E-state index in [4.69, 9.17) is 5.11 Å². The molecule has 0 bridgehead atoms. The van der Waals surface area contributed by atoms with Gasteiger partial charge >= 0.3 is 5.97 Å². The van der Waals surface area contributed by atoms with Crippen LogP contribution in [0.25, 0.3) is 0 Å². The molecule has 0 radical (unpaired) electrons. The van der Waals surface area contributed by atoms with Gasteiger partial charge in [-0.05, 0) is 12.3 Å². The Morgan fingerprint density at radius 2 is 1.77 bits per heavy atom. The maximum absolute atomic E-state index is 13.7. The normalized spacial score (nSPS) is 23.5. The maximum Gasteiger partial charge on any atom is 0.307 e. The number of hydrogen-bond donors (Lipinski definition) is 1. The lowest BCUT2D eigenvalue weighted by Crippen LogP contribution is -2.45. The second-order valence-electron chi connectivity index (χ2n) is 5.40. The second kappa shape index (κ2) is 5.88. The molecular weight excluding hydrogens is 323 g/mol. The zero-order chi connectivity index (χ0) is 16.7. The van der Waals surface area contributed by atoms with Crippen LogP contribution in [0.15, 0.2) is 17.0 Å². The van der Waals surface area contributed by atoms with Gasteiger partial charge in [0, 0.05) is 25.2 Å². The third-order valence-corrected chi connectivity index (χ3v) is 5.42. The fraction of sp³-hybridized carbons (Fsp3) is 0.462. The van der Waals surface area contributed by atoms with E-state index in [1.54, 1.807) is 6.92 Å². The molecule has 0 spiro atoms. The number of nitrogens with zero attached hydrogens (tertiary/aromatic N) is 1. The van der Waals surface area contributed by atoms with Gasteiger partial charge in [-0.2, -0.15) is 4.31 Å². The molecule has 1 aromatic rings. The summed E-state index contributed by atoms with van der Waals surface area (Å²) >= 11 is 0. The summed E-state index contributed by atoms with van der Waals surface area (Å²) < 4.78 is 65.8. The molecule has 0 aromatic heterocycles. The van der Waals surface area contributed by atoms with Crippen LogP contribution in [0.2, 0.25) is 0 Å². The summed E-state index contributed by atoms with van der Waals surface area (Å²) in [5, 5.41) is 9.04. The van der Waals surface area contributed by atoms with Gasteiger partial charge in [-0.1, -0.05) is 6.92 Å². The van der Waals surface area contributed by atoms with E-state index in [1.807, 2.05) is 0 Å². The SMILES string of the molecule is CC1CC(C(=O)O)CN(S(=O)(=O)c2c(F)cc(F)cc2F)C1. The minimum absolute atomic E-state index is 0.0532. The minimum atomic E-state index is -4.59. The number of rotatable bonds is 3. The Kier molecular flexibility index (Phi) is 4.48. The van der Waals surface area contributed by atoms with Crippen molar-refractivity contribution in [3.8, 4) is 0 Å². The predicted octanol–water partition coefficient (Wildman–Crippen LogP) is 1.84. The summed E-state index contributed by atoms with van der Waals surface area (Å²) in [7, 11) is -4.59. The Balaban J connectivity index is 2.44. The first-order valence-corrected chi connectivity index (χ1v) is 7.94. The highest BCUT2D eigenvalue weighted by Gasteiger charge is 2.38. The lowest BCUT2D eigenvalue weighted by atomic mass is 9.92. The van der Waals surface area contributed by atoms with Crippen LogP contribution in [0.4, 0.5) is 13.2 Å². The van der Waals surface area contributed by atoms with Crippen LogP contribution in [-0.4, -0.2) is 36.9 Å². The monoisotopic (exact) mass is 337 g/mol. The van der Waals surface area contributed by atoms with Crippen molar-refractivity contribution in [1.82, 2.24) is 4.31 Å². The van der Waals surface area contributed by atoms with E-state index in [2.05, 4.69) is 0 Å². The molecule has 0 aliphatic carbocycles. The van der Waals surface area contributed by atoms with Gasteiger partial charge in [0.15, 0.2) is 4.90 Å². The van der Waals surface area contributed by atoms with Gasteiger partial charge in [0.05, 0.1) is 5.92 Å². The van der Waals surface area contributed by atoms with Crippen molar-refractivity contribution in [1.29, 1.82) is 0 Å². The van der Waals surface area contributed by atoms with E-state index in [0.29, 0.717) is 0 Å². The number of carbonyl (C=O) groups is 1. The Labute approximate surface area is 125 Å². The second-order valence-corrected chi connectivity index (χ2v) is 7.27. The molecule has 2 atom stereocenters. The van der Waals surface area contributed by atoms with Gasteiger partial charge in [0.2, 0.25) is 10.0 Å². The number of aliphatic carboxylic acids is 1. The highest BCUT2D eigenvalue weighted by atomic mass is 32.2. The number of hydrogen-bond acceptors (Lipinski definition) is 3. The van der Waals surface area contributed by atoms with Crippen molar-refractivity contribution in [3.05, 3.63) is 29.6 Å². The van der Waals surface area contributed by atoms with E-state index < -0.39 is 44.3 Å². The van der Waals surface area contributed by atoms with Gasteiger partial charge in [0.1, 0.15) is 17.5 Å². The number of sulfonamides is 1. The number of carboxylic acids is 1. The van der Waals surface area contributed by atoms with E-state index in [0.717, 1.165) is 4.31 Å². The summed E-state index contributed by atoms with van der Waals surface area (Å²) in [5.74, 6) is -6.72. The van der Waals surface area contributed by atoms with E-state index >= 15 is 0 Å². The van der Waals surface area contributed by atoms with Crippen molar-refractivity contribution in [2.75, 3.05) is 13.1 Å². The molecule has 0 saturated carbocycles. The standard InChI is InChI=1S/C13H14F3NO4S/c1-7-2-8(13(18)19)6-17(5-7)22(20,21)12-10(15)3-9(14)4-11(12)16/h3-4,7-8H,2,5-6H2,1H3,(H,18,19). The van der Waals surface area contributed by atoms with E-state index in [-0.39, 0.29) is 37.6 Å². The molecular formula is C13H14F3NO4S. The van der Waals surface area contributed by atoms with Crippen molar-refractivity contribution >= 4 is 16.0 Å². The number of carboxylic acid groups (broad SMARTS) is 1. The van der Waals surface area contributed by atoms with Crippen molar-refractivity contribution in [2.45, 2.75) is 18.2 Å². The van der Waals surface area contributed by atoms with Crippen LogP contribution < -0.4 is 0 Å². The molecule has 9 heteroatoms. The molecule has 1 aromatic carbocycles. The van der Waals surface area contributed by atoms with Gasteiger partial charge in [-0.15, -0.1) is 0 Å². The molecule has 2 unspecified atom stereocenters. The topological polar surface area (TPSA) is 74.7 Å². The van der Waals surface area contributed by atoms with Crippen molar-refractivity contribution in [2.24, 2.45) is 11.8 Å².